The molecule has 0 aliphatic carbocycles. The summed E-state index contributed by atoms with van der Waals surface area (Å²) in [6.45, 7) is 3.62. The molecule has 128 valence electrons. The number of aromatic nitrogens is 1. The van der Waals surface area contributed by atoms with Crippen LogP contribution in [0.3, 0.4) is 0 Å². The SMILES string of the molecule is CCC(CC)NC(=O)COC(=O)c1csc(-c2ccc(F)cc2)n1. The molecule has 0 fully saturated rings. The van der Waals surface area contributed by atoms with Crippen LogP contribution in [-0.2, 0) is 9.53 Å². The van der Waals surface area contributed by atoms with Gasteiger partial charge < -0.3 is 10.1 Å². The first-order chi connectivity index (χ1) is 11.5. The van der Waals surface area contributed by atoms with Crippen molar-refractivity contribution in [2.24, 2.45) is 0 Å². The predicted molar refractivity (Wildman–Crippen MR) is 90.3 cm³/mol. The van der Waals surface area contributed by atoms with Crippen molar-refractivity contribution < 1.29 is 18.7 Å². The third-order valence-electron chi connectivity index (χ3n) is 3.49. The van der Waals surface area contributed by atoms with E-state index in [1.807, 2.05) is 13.8 Å². The van der Waals surface area contributed by atoms with Crippen molar-refractivity contribution in [1.82, 2.24) is 10.3 Å². The van der Waals surface area contributed by atoms with E-state index in [1.165, 1.54) is 23.5 Å². The summed E-state index contributed by atoms with van der Waals surface area (Å²) in [5, 5.41) is 4.93. The largest absolute Gasteiger partial charge is 0.451 e. The lowest BCUT2D eigenvalue weighted by molar-refractivity contribution is -0.125. The van der Waals surface area contributed by atoms with Crippen molar-refractivity contribution in [3.8, 4) is 10.6 Å². The Hall–Kier alpha value is -2.28. The minimum Gasteiger partial charge on any atom is -0.451 e. The van der Waals surface area contributed by atoms with Crippen molar-refractivity contribution in [3.63, 3.8) is 0 Å². The van der Waals surface area contributed by atoms with Crippen molar-refractivity contribution in [3.05, 3.63) is 41.2 Å². The van der Waals surface area contributed by atoms with Crippen LogP contribution in [0.25, 0.3) is 10.6 Å². The third-order valence-corrected chi connectivity index (χ3v) is 4.38. The third kappa shape index (κ3) is 4.86. The lowest BCUT2D eigenvalue weighted by atomic mass is 10.2. The van der Waals surface area contributed by atoms with Crippen molar-refractivity contribution in [2.75, 3.05) is 6.61 Å². The summed E-state index contributed by atoms with van der Waals surface area (Å²) < 4.78 is 17.9. The maximum Gasteiger partial charge on any atom is 0.358 e. The Balaban J connectivity index is 1.91. The van der Waals surface area contributed by atoms with E-state index in [4.69, 9.17) is 4.74 Å². The van der Waals surface area contributed by atoms with Gasteiger partial charge in [-0.3, -0.25) is 4.79 Å². The smallest absolute Gasteiger partial charge is 0.358 e. The van der Waals surface area contributed by atoms with E-state index in [0.717, 1.165) is 12.8 Å². The van der Waals surface area contributed by atoms with Gasteiger partial charge in [-0.2, -0.15) is 0 Å². The second kappa shape index (κ2) is 8.54. The fourth-order valence-corrected chi connectivity index (χ4v) is 2.86. The number of ether oxygens (including phenoxy) is 1. The molecule has 1 aromatic carbocycles. The Morgan fingerprint density at radius 3 is 2.54 bits per heavy atom. The van der Waals surface area contributed by atoms with Crippen LogP contribution < -0.4 is 5.32 Å². The van der Waals surface area contributed by atoms with Gasteiger partial charge in [0.05, 0.1) is 0 Å². The molecule has 0 bridgehead atoms. The highest BCUT2D eigenvalue weighted by molar-refractivity contribution is 7.13. The van der Waals surface area contributed by atoms with E-state index in [9.17, 15) is 14.0 Å². The van der Waals surface area contributed by atoms with E-state index >= 15 is 0 Å². The molecule has 0 spiro atoms. The maximum absolute atomic E-state index is 12.9. The molecule has 1 N–H and O–H groups in total. The van der Waals surface area contributed by atoms with Crippen LogP contribution in [0, 0.1) is 5.82 Å². The van der Waals surface area contributed by atoms with Gasteiger partial charge in [-0.25, -0.2) is 14.2 Å². The number of rotatable bonds is 7. The van der Waals surface area contributed by atoms with Crippen LogP contribution in [-0.4, -0.2) is 29.5 Å². The molecule has 0 saturated carbocycles. The van der Waals surface area contributed by atoms with Gasteiger partial charge >= 0.3 is 5.97 Å². The molecule has 1 aromatic heterocycles. The molecule has 24 heavy (non-hydrogen) atoms. The molecule has 2 rings (SSSR count). The molecule has 2 aromatic rings. The summed E-state index contributed by atoms with van der Waals surface area (Å²) in [6.07, 6.45) is 1.65. The second-order valence-corrected chi connectivity index (χ2v) is 6.06. The zero-order valence-corrected chi connectivity index (χ0v) is 14.4. The minimum atomic E-state index is -0.653. The van der Waals surface area contributed by atoms with Gasteiger partial charge in [0, 0.05) is 17.0 Å². The molecule has 1 heterocycles. The summed E-state index contributed by atoms with van der Waals surface area (Å²) in [5.74, 6) is -1.32. The lowest BCUT2D eigenvalue weighted by Crippen LogP contribution is -2.36. The Kier molecular flexibility index (Phi) is 6.43. The number of thiazole rings is 1. The predicted octanol–water partition coefficient (Wildman–Crippen LogP) is 3.41. The first kappa shape index (κ1) is 18.1. The molecule has 0 saturated heterocycles. The molecule has 0 aliphatic rings. The standard InChI is InChI=1S/C17H19FN2O3S/c1-3-13(4-2)19-15(21)9-23-17(22)14-10-24-16(20-14)11-5-7-12(18)8-6-11/h5-8,10,13H,3-4,9H2,1-2H3,(H,19,21). The van der Waals surface area contributed by atoms with Gasteiger partial charge in [0.15, 0.2) is 12.3 Å². The Morgan fingerprint density at radius 2 is 1.92 bits per heavy atom. The molecular weight excluding hydrogens is 331 g/mol. The first-order valence-corrected chi connectivity index (χ1v) is 8.59. The lowest BCUT2D eigenvalue weighted by Gasteiger charge is -2.14. The number of halogens is 1. The van der Waals surface area contributed by atoms with Gasteiger partial charge in [-0.15, -0.1) is 11.3 Å². The molecular formula is C17H19FN2O3S. The number of hydrogen-bond acceptors (Lipinski definition) is 5. The number of nitrogens with zero attached hydrogens (tertiary/aromatic N) is 1. The molecule has 0 radical (unpaired) electrons. The van der Waals surface area contributed by atoms with E-state index < -0.39 is 5.97 Å². The van der Waals surface area contributed by atoms with Crippen LogP contribution >= 0.6 is 11.3 Å². The monoisotopic (exact) mass is 350 g/mol. The highest BCUT2D eigenvalue weighted by Crippen LogP contribution is 2.24. The quantitative estimate of drug-likeness (QED) is 0.777. The second-order valence-electron chi connectivity index (χ2n) is 5.20. The van der Waals surface area contributed by atoms with Gasteiger partial charge in [-0.1, -0.05) is 13.8 Å². The average Bonchev–Trinajstić information content (AvgIpc) is 3.08. The van der Waals surface area contributed by atoms with E-state index in [1.54, 1.807) is 17.5 Å². The number of nitrogens with one attached hydrogen (secondary N) is 1. The van der Waals surface area contributed by atoms with Crippen LogP contribution in [0.15, 0.2) is 29.6 Å². The highest BCUT2D eigenvalue weighted by Gasteiger charge is 2.16. The normalized spacial score (nSPS) is 10.7. The molecule has 5 nitrogen and oxygen atoms in total. The van der Waals surface area contributed by atoms with E-state index in [0.29, 0.717) is 10.6 Å². The van der Waals surface area contributed by atoms with Crippen LogP contribution in [0.5, 0.6) is 0 Å². The number of carbonyl (C=O) groups is 2. The molecule has 0 aliphatic heterocycles. The fourth-order valence-electron chi connectivity index (χ4n) is 2.06. The summed E-state index contributed by atoms with van der Waals surface area (Å²) in [5.41, 5.74) is 0.849. The first-order valence-electron chi connectivity index (χ1n) is 7.71. The van der Waals surface area contributed by atoms with Crippen LogP contribution in [0.2, 0.25) is 0 Å². The topological polar surface area (TPSA) is 68.3 Å². The zero-order chi connectivity index (χ0) is 17.5. The number of benzene rings is 1. The number of hydrogen-bond donors (Lipinski definition) is 1. The van der Waals surface area contributed by atoms with Crippen molar-refractivity contribution in [1.29, 1.82) is 0 Å². The van der Waals surface area contributed by atoms with Crippen LogP contribution in [0.4, 0.5) is 4.39 Å². The van der Waals surface area contributed by atoms with Gasteiger partial charge in [0.25, 0.3) is 5.91 Å². The van der Waals surface area contributed by atoms with E-state index in [-0.39, 0.29) is 30.1 Å². The molecule has 7 heteroatoms. The summed E-state index contributed by atoms with van der Waals surface area (Å²) in [6, 6.07) is 5.92. The Morgan fingerprint density at radius 1 is 1.25 bits per heavy atom. The van der Waals surface area contributed by atoms with Gasteiger partial charge in [0.2, 0.25) is 0 Å². The Bertz CT molecular complexity index is 696. The Labute approximate surface area is 143 Å². The zero-order valence-electron chi connectivity index (χ0n) is 13.5. The van der Waals surface area contributed by atoms with Crippen LogP contribution in [0.1, 0.15) is 37.2 Å². The molecule has 0 atom stereocenters. The molecule has 1 amide bonds. The van der Waals surface area contributed by atoms with Crippen molar-refractivity contribution in [2.45, 2.75) is 32.7 Å². The fraction of sp³-hybridized carbons (Fsp3) is 0.353. The number of amides is 1. The summed E-state index contributed by atoms with van der Waals surface area (Å²) in [7, 11) is 0. The van der Waals surface area contributed by atoms with Gasteiger partial charge in [-0.05, 0) is 37.1 Å². The maximum atomic E-state index is 12.9. The van der Waals surface area contributed by atoms with Crippen molar-refractivity contribution >= 4 is 23.2 Å². The number of esters is 1. The average molecular weight is 350 g/mol. The van der Waals surface area contributed by atoms with Gasteiger partial charge in [0.1, 0.15) is 10.8 Å². The minimum absolute atomic E-state index is 0.0838. The summed E-state index contributed by atoms with van der Waals surface area (Å²) in [4.78, 5) is 27.8. The highest BCUT2D eigenvalue weighted by atomic mass is 32.1. The van der Waals surface area contributed by atoms with E-state index in [2.05, 4.69) is 10.3 Å². The summed E-state index contributed by atoms with van der Waals surface area (Å²) >= 11 is 1.25. The molecule has 0 unspecified atom stereocenters. The number of carbonyl (C=O) groups excluding carboxylic acids is 2.